The Kier molecular flexibility index (Phi) is 4.47. The van der Waals surface area contributed by atoms with Crippen LogP contribution in [0.4, 0.5) is 0 Å². The minimum Gasteiger partial charge on any atom is -0.374 e. The lowest BCUT2D eigenvalue weighted by atomic mass is 10.1. The van der Waals surface area contributed by atoms with Gasteiger partial charge in [-0.05, 0) is 25.7 Å². The predicted molar refractivity (Wildman–Crippen MR) is 71.4 cm³/mol. The molecule has 2 aliphatic rings. The molecule has 1 saturated heterocycles. The third-order valence-electron chi connectivity index (χ3n) is 3.88. The Morgan fingerprint density at radius 1 is 1.47 bits per heavy atom. The number of nitrogens with zero attached hydrogens (tertiary/aromatic N) is 1. The van der Waals surface area contributed by atoms with Gasteiger partial charge in [0.05, 0.1) is 30.5 Å². The Bertz CT molecular complexity index is 437. The zero-order valence-electron chi connectivity index (χ0n) is 11.2. The molecule has 0 radical (unpaired) electrons. The Morgan fingerprint density at radius 3 is 2.89 bits per heavy atom. The van der Waals surface area contributed by atoms with E-state index in [1.54, 1.807) is 4.90 Å². The van der Waals surface area contributed by atoms with Gasteiger partial charge in [-0.15, -0.1) is 0 Å². The van der Waals surface area contributed by atoms with Crippen LogP contribution >= 0.6 is 0 Å². The van der Waals surface area contributed by atoms with E-state index in [0.717, 1.165) is 25.5 Å². The van der Waals surface area contributed by atoms with Crippen molar-refractivity contribution in [2.75, 3.05) is 25.2 Å². The summed E-state index contributed by atoms with van der Waals surface area (Å²) >= 11 is 0. The summed E-state index contributed by atoms with van der Waals surface area (Å²) in [6.07, 6.45) is 4.50. The standard InChI is InChI=1S/C12H22N2O4S/c1-19(16,17)8-5-9(13)12(15)14-6-7-18-11-4-2-3-10(11)14/h9-11H,2-8,13H2,1H3. The van der Waals surface area contributed by atoms with Crippen LogP contribution in [0, 0.1) is 0 Å². The average molecular weight is 290 g/mol. The maximum Gasteiger partial charge on any atom is 0.239 e. The average Bonchev–Trinajstić information content (AvgIpc) is 2.82. The van der Waals surface area contributed by atoms with Gasteiger partial charge < -0.3 is 15.4 Å². The summed E-state index contributed by atoms with van der Waals surface area (Å²) in [7, 11) is -3.08. The summed E-state index contributed by atoms with van der Waals surface area (Å²) in [4.78, 5) is 14.1. The fraction of sp³-hybridized carbons (Fsp3) is 0.917. The van der Waals surface area contributed by atoms with Gasteiger partial charge in [-0.25, -0.2) is 8.42 Å². The molecular formula is C12H22N2O4S. The van der Waals surface area contributed by atoms with Crippen LogP contribution < -0.4 is 5.73 Å². The van der Waals surface area contributed by atoms with Crippen LogP contribution in [0.5, 0.6) is 0 Å². The molecule has 110 valence electrons. The molecule has 3 unspecified atom stereocenters. The van der Waals surface area contributed by atoms with Crippen molar-refractivity contribution in [1.29, 1.82) is 0 Å². The number of amides is 1. The van der Waals surface area contributed by atoms with Gasteiger partial charge in [0.15, 0.2) is 0 Å². The summed E-state index contributed by atoms with van der Waals surface area (Å²) in [5.41, 5.74) is 5.84. The van der Waals surface area contributed by atoms with Crippen LogP contribution in [0.1, 0.15) is 25.7 Å². The molecule has 1 amide bonds. The first-order valence-electron chi connectivity index (χ1n) is 6.74. The van der Waals surface area contributed by atoms with Gasteiger partial charge in [-0.2, -0.15) is 0 Å². The van der Waals surface area contributed by atoms with Gasteiger partial charge in [0.25, 0.3) is 0 Å². The molecule has 3 atom stereocenters. The molecule has 0 aromatic rings. The van der Waals surface area contributed by atoms with Crippen molar-refractivity contribution in [2.45, 2.75) is 43.9 Å². The van der Waals surface area contributed by atoms with E-state index in [4.69, 9.17) is 10.5 Å². The normalized spacial score (nSPS) is 29.1. The molecule has 7 heteroatoms. The molecule has 2 N–H and O–H groups in total. The Morgan fingerprint density at radius 2 is 2.21 bits per heavy atom. The molecule has 0 spiro atoms. The van der Waals surface area contributed by atoms with Crippen molar-refractivity contribution < 1.29 is 17.9 Å². The number of hydrogen-bond donors (Lipinski definition) is 1. The smallest absolute Gasteiger partial charge is 0.239 e. The molecule has 1 heterocycles. The zero-order valence-corrected chi connectivity index (χ0v) is 12.1. The number of sulfone groups is 1. The molecule has 6 nitrogen and oxygen atoms in total. The van der Waals surface area contributed by atoms with Crippen molar-refractivity contribution in [1.82, 2.24) is 4.90 Å². The largest absolute Gasteiger partial charge is 0.374 e. The van der Waals surface area contributed by atoms with E-state index >= 15 is 0 Å². The highest BCUT2D eigenvalue weighted by Gasteiger charge is 2.39. The number of nitrogens with two attached hydrogens (primary N) is 1. The summed E-state index contributed by atoms with van der Waals surface area (Å²) < 4.78 is 27.9. The van der Waals surface area contributed by atoms with Crippen LogP contribution in [0.25, 0.3) is 0 Å². The van der Waals surface area contributed by atoms with Gasteiger partial charge >= 0.3 is 0 Å². The van der Waals surface area contributed by atoms with Crippen LogP contribution in [0.15, 0.2) is 0 Å². The fourth-order valence-corrected chi connectivity index (χ4v) is 3.56. The van der Waals surface area contributed by atoms with Gasteiger partial charge in [-0.3, -0.25) is 4.79 Å². The quantitative estimate of drug-likeness (QED) is 0.756. The van der Waals surface area contributed by atoms with Crippen molar-refractivity contribution in [3.8, 4) is 0 Å². The maximum atomic E-state index is 12.3. The minimum atomic E-state index is -3.08. The number of morpholine rings is 1. The molecule has 1 aliphatic heterocycles. The lowest BCUT2D eigenvalue weighted by Crippen LogP contribution is -2.56. The van der Waals surface area contributed by atoms with E-state index in [9.17, 15) is 13.2 Å². The first-order chi connectivity index (χ1) is 8.88. The first-order valence-corrected chi connectivity index (χ1v) is 8.80. The summed E-state index contributed by atoms with van der Waals surface area (Å²) in [5, 5.41) is 0. The Labute approximate surface area is 114 Å². The highest BCUT2D eigenvalue weighted by atomic mass is 32.2. The van der Waals surface area contributed by atoms with E-state index in [0.29, 0.717) is 13.2 Å². The first kappa shape index (κ1) is 14.7. The van der Waals surface area contributed by atoms with Crippen LogP contribution in [-0.2, 0) is 19.4 Å². The molecule has 0 bridgehead atoms. The van der Waals surface area contributed by atoms with Crippen LogP contribution in [-0.4, -0.2) is 62.6 Å². The number of carbonyl (C=O) groups excluding carboxylic acids is 1. The second-order valence-corrected chi connectivity index (χ2v) is 7.72. The van der Waals surface area contributed by atoms with E-state index in [1.165, 1.54) is 0 Å². The van der Waals surface area contributed by atoms with Crippen molar-refractivity contribution in [3.63, 3.8) is 0 Å². The zero-order chi connectivity index (χ0) is 14.0. The second kappa shape index (κ2) is 5.76. The minimum absolute atomic E-state index is 0.0433. The molecule has 0 aromatic heterocycles. The molecule has 2 rings (SSSR count). The maximum absolute atomic E-state index is 12.3. The highest BCUT2D eigenvalue weighted by molar-refractivity contribution is 7.90. The van der Waals surface area contributed by atoms with E-state index in [-0.39, 0.29) is 30.2 Å². The number of ether oxygens (including phenoxy) is 1. The lowest BCUT2D eigenvalue weighted by molar-refractivity contribution is -0.145. The fourth-order valence-electron chi connectivity index (χ4n) is 2.88. The predicted octanol–water partition coefficient (Wildman–Crippen LogP) is -0.472. The van der Waals surface area contributed by atoms with Gasteiger partial charge in [0.1, 0.15) is 9.84 Å². The molecule has 2 fully saturated rings. The van der Waals surface area contributed by atoms with Crippen molar-refractivity contribution >= 4 is 15.7 Å². The van der Waals surface area contributed by atoms with Crippen LogP contribution in [0.3, 0.4) is 0 Å². The van der Waals surface area contributed by atoms with Gasteiger partial charge in [0, 0.05) is 12.8 Å². The van der Waals surface area contributed by atoms with Crippen molar-refractivity contribution in [3.05, 3.63) is 0 Å². The second-order valence-electron chi connectivity index (χ2n) is 5.46. The summed E-state index contributed by atoms with van der Waals surface area (Å²) in [5.74, 6) is -0.179. The topological polar surface area (TPSA) is 89.7 Å². The molecule has 0 aromatic carbocycles. The highest BCUT2D eigenvalue weighted by Crippen LogP contribution is 2.30. The summed E-state index contributed by atoms with van der Waals surface area (Å²) in [6.45, 7) is 1.11. The number of hydrogen-bond acceptors (Lipinski definition) is 5. The molecule has 1 aliphatic carbocycles. The SMILES string of the molecule is CS(=O)(=O)CCC(N)C(=O)N1CCOC2CCCC21. The Hall–Kier alpha value is -0.660. The molecule has 1 saturated carbocycles. The Balaban J connectivity index is 1.94. The number of fused-ring (bicyclic) bond motifs is 1. The van der Waals surface area contributed by atoms with Crippen LogP contribution in [0.2, 0.25) is 0 Å². The molecular weight excluding hydrogens is 268 g/mol. The van der Waals surface area contributed by atoms with Crippen molar-refractivity contribution in [2.24, 2.45) is 5.73 Å². The monoisotopic (exact) mass is 290 g/mol. The third kappa shape index (κ3) is 3.67. The third-order valence-corrected chi connectivity index (χ3v) is 4.86. The van der Waals surface area contributed by atoms with E-state index < -0.39 is 15.9 Å². The summed E-state index contributed by atoms with van der Waals surface area (Å²) in [6, 6.07) is -0.598. The molecule has 19 heavy (non-hydrogen) atoms. The number of rotatable bonds is 4. The van der Waals surface area contributed by atoms with E-state index in [1.807, 2.05) is 0 Å². The lowest BCUT2D eigenvalue weighted by Gasteiger charge is -2.38. The number of carbonyl (C=O) groups is 1. The van der Waals surface area contributed by atoms with E-state index in [2.05, 4.69) is 0 Å². The van der Waals surface area contributed by atoms with Gasteiger partial charge in [0.2, 0.25) is 5.91 Å². The van der Waals surface area contributed by atoms with Gasteiger partial charge in [-0.1, -0.05) is 0 Å².